The maximum absolute atomic E-state index is 12.8. The Kier molecular flexibility index (Phi) is 5.21. The van der Waals surface area contributed by atoms with Crippen LogP contribution in [0.25, 0.3) is 10.9 Å². The number of carbonyl (C=O) groups is 1. The van der Waals surface area contributed by atoms with Crippen molar-refractivity contribution in [3.63, 3.8) is 0 Å². The van der Waals surface area contributed by atoms with Gasteiger partial charge in [0.15, 0.2) is 17.3 Å². The number of aryl methyl sites for hydroxylation is 1. The Hall–Kier alpha value is -4.27. The third-order valence-electron chi connectivity index (χ3n) is 5.52. The molecule has 0 bridgehead atoms. The van der Waals surface area contributed by atoms with Crippen LogP contribution >= 0.6 is 0 Å². The fraction of sp³-hybridized carbons (Fsp3) is 0.208. The quantitative estimate of drug-likeness (QED) is 0.482. The number of ether oxygens (including phenoxy) is 2. The molecule has 33 heavy (non-hydrogen) atoms. The normalized spacial score (nSPS) is 12.8. The standard InChI is InChI=1S/C24H22N4O5/c1-14-9-23(27-33-14)26-24(30)28-7-8-32-21-11-15(3-4-19(21)28)10-16-5-6-25-18-13-22(31-2)20(29)12-17(16)18/h3-6,9,11-13,29H,7-8,10H2,1-2H3,(H,26,27,30). The van der Waals surface area contributed by atoms with Crippen LogP contribution < -0.4 is 19.7 Å². The van der Waals surface area contributed by atoms with Crippen molar-refractivity contribution in [3.05, 3.63) is 65.5 Å². The Balaban J connectivity index is 1.41. The topological polar surface area (TPSA) is 110 Å². The zero-order valence-corrected chi connectivity index (χ0v) is 18.2. The second-order valence-electron chi connectivity index (χ2n) is 7.74. The molecule has 1 aliphatic heterocycles. The van der Waals surface area contributed by atoms with Crippen LogP contribution in [0.2, 0.25) is 0 Å². The summed E-state index contributed by atoms with van der Waals surface area (Å²) in [5, 5.41) is 17.6. The first kappa shape index (κ1) is 20.6. The van der Waals surface area contributed by atoms with Gasteiger partial charge in [-0.25, -0.2) is 4.79 Å². The van der Waals surface area contributed by atoms with E-state index in [2.05, 4.69) is 15.5 Å². The highest BCUT2D eigenvalue weighted by Gasteiger charge is 2.25. The maximum atomic E-state index is 12.8. The average molecular weight is 446 g/mol. The number of phenols is 1. The van der Waals surface area contributed by atoms with Crippen LogP contribution in [-0.2, 0) is 6.42 Å². The number of pyridine rings is 1. The summed E-state index contributed by atoms with van der Waals surface area (Å²) in [7, 11) is 1.51. The Labute approximate surface area is 189 Å². The SMILES string of the molecule is COc1cc2nccc(Cc3ccc4c(c3)OCCN4C(=O)Nc3cc(C)on3)c2cc1O. The predicted molar refractivity (Wildman–Crippen MR) is 122 cm³/mol. The van der Waals surface area contributed by atoms with E-state index in [1.165, 1.54) is 7.11 Å². The van der Waals surface area contributed by atoms with E-state index in [4.69, 9.17) is 14.0 Å². The first-order valence-corrected chi connectivity index (χ1v) is 10.4. The summed E-state index contributed by atoms with van der Waals surface area (Å²) < 4.78 is 16.0. The fourth-order valence-corrected chi connectivity index (χ4v) is 3.94. The highest BCUT2D eigenvalue weighted by Crippen LogP contribution is 2.35. The van der Waals surface area contributed by atoms with Gasteiger partial charge in [0.05, 0.1) is 24.9 Å². The van der Waals surface area contributed by atoms with Gasteiger partial charge in [0.25, 0.3) is 0 Å². The van der Waals surface area contributed by atoms with Gasteiger partial charge in [-0.2, -0.15) is 0 Å². The lowest BCUT2D eigenvalue weighted by Crippen LogP contribution is -2.40. The molecule has 168 valence electrons. The van der Waals surface area contributed by atoms with Crippen LogP contribution in [-0.4, -0.2) is 41.5 Å². The summed E-state index contributed by atoms with van der Waals surface area (Å²) in [6.07, 6.45) is 2.34. The van der Waals surface area contributed by atoms with E-state index in [-0.39, 0.29) is 11.8 Å². The summed E-state index contributed by atoms with van der Waals surface area (Å²) in [4.78, 5) is 18.8. The van der Waals surface area contributed by atoms with Crippen LogP contribution in [0.3, 0.4) is 0 Å². The molecule has 0 unspecified atom stereocenters. The molecule has 9 nitrogen and oxygen atoms in total. The number of hydrogen-bond acceptors (Lipinski definition) is 7. The summed E-state index contributed by atoms with van der Waals surface area (Å²) in [5.74, 6) is 2.07. The van der Waals surface area contributed by atoms with Gasteiger partial charge in [-0.1, -0.05) is 11.2 Å². The van der Waals surface area contributed by atoms with E-state index >= 15 is 0 Å². The van der Waals surface area contributed by atoms with Gasteiger partial charge >= 0.3 is 6.03 Å². The number of amides is 2. The molecule has 4 aromatic rings. The molecular formula is C24H22N4O5. The van der Waals surface area contributed by atoms with Crippen LogP contribution in [0, 0.1) is 6.92 Å². The summed E-state index contributed by atoms with van der Waals surface area (Å²) in [6, 6.07) is 12.4. The lowest BCUT2D eigenvalue weighted by Gasteiger charge is -2.29. The number of nitrogens with zero attached hydrogens (tertiary/aromatic N) is 3. The number of hydrogen-bond donors (Lipinski definition) is 2. The second-order valence-corrected chi connectivity index (χ2v) is 7.74. The Bertz CT molecular complexity index is 1350. The van der Waals surface area contributed by atoms with Crippen molar-refractivity contribution in [2.75, 3.05) is 30.5 Å². The molecule has 0 fully saturated rings. The van der Waals surface area contributed by atoms with Crippen LogP contribution in [0.5, 0.6) is 17.2 Å². The van der Waals surface area contributed by atoms with Gasteiger partial charge in [-0.3, -0.25) is 15.2 Å². The Morgan fingerprint density at radius 2 is 2.12 bits per heavy atom. The number of urea groups is 1. The lowest BCUT2D eigenvalue weighted by molar-refractivity contribution is 0.250. The minimum atomic E-state index is -0.301. The number of phenolic OH excluding ortho intramolecular Hbond substituents is 1. The summed E-state index contributed by atoms with van der Waals surface area (Å²) in [5.41, 5.74) is 3.43. The van der Waals surface area contributed by atoms with E-state index in [0.29, 0.717) is 48.3 Å². The third-order valence-corrected chi connectivity index (χ3v) is 5.52. The minimum absolute atomic E-state index is 0.0667. The molecule has 2 aromatic heterocycles. The van der Waals surface area contributed by atoms with Crippen LogP contribution in [0.15, 0.2) is 53.2 Å². The number of methoxy groups -OCH3 is 1. The zero-order chi connectivity index (χ0) is 22.9. The summed E-state index contributed by atoms with van der Waals surface area (Å²) in [6.45, 7) is 2.57. The van der Waals surface area contributed by atoms with Crippen molar-refractivity contribution in [1.29, 1.82) is 0 Å². The molecule has 0 saturated carbocycles. The van der Waals surface area contributed by atoms with E-state index in [9.17, 15) is 9.90 Å². The molecular weight excluding hydrogens is 424 g/mol. The first-order valence-electron chi connectivity index (χ1n) is 10.4. The van der Waals surface area contributed by atoms with Crippen LogP contribution in [0.1, 0.15) is 16.9 Å². The number of rotatable bonds is 4. The maximum Gasteiger partial charge on any atom is 0.327 e. The highest BCUT2D eigenvalue weighted by atomic mass is 16.5. The number of aromatic hydroxyl groups is 1. The molecule has 2 amide bonds. The number of anilines is 2. The molecule has 0 radical (unpaired) electrons. The van der Waals surface area contributed by atoms with E-state index < -0.39 is 0 Å². The summed E-state index contributed by atoms with van der Waals surface area (Å²) >= 11 is 0. The van der Waals surface area contributed by atoms with Crippen molar-refractivity contribution in [3.8, 4) is 17.2 Å². The number of carbonyl (C=O) groups excluding carboxylic acids is 1. The second kappa shape index (κ2) is 8.34. The largest absolute Gasteiger partial charge is 0.504 e. The Morgan fingerprint density at radius 1 is 1.24 bits per heavy atom. The van der Waals surface area contributed by atoms with Crippen molar-refractivity contribution in [2.45, 2.75) is 13.3 Å². The molecule has 2 N–H and O–H groups in total. The minimum Gasteiger partial charge on any atom is -0.504 e. The highest BCUT2D eigenvalue weighted by molar-refractivity contribution is 6.02. The lowest BCUT2D eigenvalue weighted by atomic mass is 10.00. The molecule has 5 rings (SSSR count). The van der Waals surface area contributed by atoms with Crippen molar-refractivity contribution >= 4 is 28.4 Å². The molecule has 0 spiro atoms. The molecule has 2 aromatic carbocycles. The van der Waals surface area contributed by atoms with Crippen molar-refractivity contribution < 1.29 is 23.9 Å². The molecule has 0 saturated heterocycles. The average Bonchev–Trinajstić information content (AvgIpc) is 3.22. The number of benzene rings is 2. The van der Waals surface area contributed by atoms with Crippen LogP contribution in [0.4, 0.5) is 16.3 Å². The van der Waals surface area contributed by atoms with Gasteiger partial charge in [0.2, 0.25) is 0 Å². The fourth-order valence-electron chi connectivity index (χ4n) is 3.94. The van der Waals surface area contributed by atoms with Crippen molar-refractivity contribution in [1.82, 2.24) is 10.1 Å². The molecule has 1 aliphatic rings. The molecule has 3 heterocycles. The van der Waals surface area contributed by atoms with Gasteiger partial charge in [-0.05, 0) is 48.7 Å². The van der Waals surface area contributed by atoms with E-state index in [1.54, 1.807) is 36.2 Å². The molecule has 9 heteroatoms. The number of nitrogens with one attached hydrogen (secondary N) is 1. The zero-order valence-electron chi connectivity index (χ0n) is 18.2. The van der Waals surface area contributed by atoms with Gasteiger partial charge < -0.3 is 19.1 Å². The van der Waals surface area contributed by atoms with Gasteiger partial charge in [-0.15, -0.1) is 0 Å². The van der Waals surface area contributed by atoms with Gasteiger partial charge in [0.1, 0.15) is 18.1 Å². The first-order chi connectivity index (χ1) is 16.0. The smallest absolute Gasteiger partial charge is 0.327 e. The third kappa shape index (κ3) is 4.00. The number of aromatic nitrogens is 2. The monoisotopic (exact) mass is 446 g/mol. The molecule has 0 aliphatic carbocycles. The molecule has 0 atom stereocenters. The Morgan fingerprint density at radius 3 is 2.91 bits per heavy atom. The predicted octanol–water partition coefficient (Wildman–Crippen LogP) is 4.27. The number of fused-ring (bicyclic) bond motifs is 2. The van der Waals surface area contributed by atoms with E-state index in [0.717, 1.165) is 22.0 Å². The van der Waals surface area contributed by atoms with Crippen molar-refractivity contribution in [2.24, 2.45) is 0 Å². The van der Waals surface area contributed by atoms with E-state index in [1.807, 2.05) is 24.3 Å². The van der Waals surface area contributed by atoms with Gasteiger partial charge in [0, 0.05) is 23.7 Å².